The fraction of sp³-hybridized carbons (Fsp3) is 0.308. The maximum absolute atomic E-state index is 11.2. The van der Waals surface area contributed by atoms with E-state index in [0.29, 0.717) is 17.9 Å². The molecule has 0 saturated carbocycles. The van der Waals surface area contributed by atoms with E-state index < -0.39 is 4.92 Å². The summed E-state index contributed by atoms with van der Waals surface area (Å²) in [4.78, 5) is 10.8. The van der Waals surface area contributed by atoms with Crippen LogP contribution in [0.4, 0.5) is 5.69 Å². The highest BCUT2D eigenvalue weighted by molar-refractivity contribution is 9.10. The lowest BCUT2D eigenvalue weighted by Crippen LogP contribution is -1.97. The normalized spacial score (nSPS) is 10.6. The summed E-state index contributed by atoms with van der Waals surface area (Å²) in [6.45, 7) is 1.95. The summed E-state index contributed by atoms with van der Waals surface area (Å²) in [5, 5.41) is 15.4. The summed E-state index contributed by atoms with van der Waals surface area (Å²) < 4.78 is 7.94. The lowest BCUT2D eigenvalue weighted by Gasteiger charge is -2.04. The van der Waals surface area contributed by atoms with Crippen molar-refractivity contribution in [1.82, 2.24) is 9.78 Å². The van der Waals surface area contributed by atoms with Gasteiger partial charge in [-0.05, 0) is 30.7 Å². The molecule has 0 radical (unpaired) electrons. The largest absolute Gasteiger partial charge is 0.434 e. The van der Waals surface area contributed by atoms with Crippen LogP contribution in [-0.4, -0.2) is 14.7 Å². The first-order chi connectivity index (χ1) is 9.52. The van der Waals surface area contributed by atoms with Crippen LogP contribution in [-0.2, 0) is 13.5 Å². The van der Waals surface area contributed by atoms with Gasteiger partial charge in [0.2, 0.25) is 0 Å². The van der Waals surface area contributed by atoms with Crippen LogP contribution in [0.1, 0.15) is 19.0 Å². The molecule has 2 rings (SSSR count). The van der Waals surface area contributed by atoms with Gasteiger partial charge in [-0.1, -0.05) is 29.3 Å². The maximum atomic E-state index is 11.2. The number of nitro groups is 1. The van der Waals surface area contributed by atoms with Gasteiger partial charge in [0.1, 0.15) is 11.4 Å². The SMILES string of the molecule is CCCc1nn(C)c(Oc2ccc(Br)cc2)c1[N+](=O)[O-]. The van der Waals surface area contributed by atoms with Crippen molar-refractivity contribution >= 4 is 21.6 Å². The zero-order valence-electron chi connectivity index (χ0n) is 11.2. The molecule has 0 aliphatic heterocycles. The minimum atomic E-state index is -0.438. The molecule has 0 saturated heterocycles. The number of hydrogen-bond acceptors (Lipinski definition) is 4. The van der Waals surface area contributed by atoms with Crippen LogP contribution in [0.25, 0.3) is 0 Å². The Morgan fingerprint density at radius 1 is 1.40 bits per heavy atom. The molecule has 0 unspecified atom stereocenters. The average molecular weight is 340 g/mol. The predicted octanol–water partition coefficient (Wildman–Crippen LogP) is 3.84. The molecule has 0 aliphatic carbocycles. The van der Waals surface area contributed by atoms with Crippen molar-refractivity contribution in [1.29, 1.82) is 0 Å². The lowest BCUT2D eigenvalue weighted by molar-refractivity contribution is -0.386. The molecule has 1 heterocycles. The third-order valence-electron chi connectivity index (χ3n) is 2.74. The monoisotopic (exact) mass is 339 g/mol. The Morgan fingerprint density at radius 2 is 2.05 bits per heavy atom. The second-order valence-electron chi connectivity index (χ2n) is 4.29. The molecular weight excluding hydrogens is 326 g/mol. The molecular formula is C13H14BrN3O3. The minimum Gasteiger partial charge on any atom is -0.434 e. The first-order valence-electron chi connectivity index (χ1n) is 6.16. The molecule has 7 heteroatoms. The first-order valence-corrected chi connectivity index (χ1v) is 6.96. The van der Waals surface area contributed by atoms with Crippen LogP contribution < -0.4 is 4.74 Å². The topological polar surface area (TPSA) is 70.2 Å². The summed E-state index contributed by atoms with van der Waals surface area (Å²) >= 11 is 3.33. The summed E-state index contributed by atoms with van der Waals surface area (Å²) in [7, 11) is 1.64. The molecule has 0 fully saturated rings. The Morgan fingerprint density at radius 3 is 2.60 bits per heavy atom. The van der Waals surface area contributed by atoms with Crippen LogP contribution in [0.15, 0.2) is 28.7 Å². The first kappa shape index (κ1) is 14.5. The number of benzene rings is 1. The van der Waals surface area contributed by atoms with Gasteiger partial charge in [0.25, 0.3) is 5.88 Å². The van der Waals surface area contributed by atoms with E-state index in [9.17, 15) is 10.1 Å². The number of ether oxygens (including phenoxy) is 1. The molecule has 2 aromatic rings. The molecule has 0 N–H and O–H groups in total. The van der Waals surface area contributed by atoms with Gasteiger partial charge in [0.05, 0.1) is 4.92 Å². The molecule has 20 heavy (non-hydrogen) atoms. The Hall–Kier alpha value is -1.89. The standard InChI is InChI=1S/C13H14BrN3O3/c1-3-4-11-12(17(18)19)13(16(2)15-11)20-10-7-5-9(14)6-8-10/h5-8H,3-4H2,1-2H3. The number of hydrogen-bond donors (Lipinski definition) is 0. The van der Waals surface area contributed by atoms with E-state index in [1.54, 1.807) is 19.2 Å². The Bertz CT molecular complexity index is 623. The van der Waals surface area contributed by atoms with Crippen molar-refractivity contribution < 1.29 is 9.66 Å². The van der Waals surface area contributed by atoms with Gasteiger partial charge in [-0.3, -0.25) is 10.1 Å². The highest BCUT2D eigenvalue weighted by atomic mass is 79.9. The van der Waals surface area contributed by atoms with Gasteiger partial charge in [-0.25, -0.2) is 4.68 Å². The van der Waals surface area contributed by atoms with E-state index in [2.05, 4.69) is 21.0 Å². The highest BCUT2D eigenvalue weighted by Gasteiger charge is 2.28. The minimum absolute atomic E-state index is 0.0581. The number of aromatic nitrogens is 2. The van der Waals surface area contributed by atoms with Gasteiger partial charge in [0, 0.05) is 11.5 Å². The molecule has 0 atom stereocenters. The van der Waals surface area contributed by atoms with E-state index in [0.717, 1.165) is 10.9 Å². The fourth-order valence-electron chi connectivity index (χ4n) is 1.87. The summed E-state index contributed by atoms with van der Waals surface area (Å²) in [6.07, 6.45) is 1.34. The Balaban J connectivity index is 2.39. The Labute approximate surface area is 124 Å². The van der Waals surface area contributed by atoms with Gasteiger partial charge >= 0.3 is 5.69 Å². The third kappa shape index (κ3) is 2.98. The molecule has 106 valence electrons. The van der Waals surface area contributed by atoms with Crippen LogP contribution in [0.2, 0.25) is 0 Å². The second-order valence-corrected chi connectivity index (χ2v) is 5.20. The summed E-state index contributed by atoms with van der Waals surface area (Å²) in [5.74, 6) is 0.683. The second kappa shape index (κ2) is 6.04. The van der Waals surface area contributed by atoms with E-state index in [-0.39, 0.29) is 11.6 Å². The zero-order valence-corrected chi connectivity index (χ0v) is 12.8. The smallest absolute Gasteiger partial charge is 0.353 e. The predicted molar refractivity (Wildman–Crippen MR) is 78.1 cm³/mol. The van der Waals surface area contributed by atoms with Gasteiger partial charge in [-0.2, -0.15) is 5.10 Å². The molecule has 6 nitrogen and oxygen atoms in total. The molecule has 1 aromatic heterocycles. The van der Waals surface area contributed by atoms with Crippen LogP contribution in [0.5, 0.6) is 11.6 Å². The maximum Gasteiger partial charge on any atom is 0.353 e. The number of nitrogens with zero attached hydrogens (tertiary/aromatic N) is 3. The number of halogens is 1. The summed E-state index contributed by atoms with van der Waals surface area (Å²) in [5.41, 5.74) is 0.393. The van der Waals surface area contributed by atoms with Crippen LogP contribution >= 0.6 is 15.9 Å². The highest BCUT2D eigenvalue weighted by Crippen LogP contribution is 2.34. The van der Waals surface area contributed by atoms with Crippen molar-refractivity contribution in [3.63, 3.8) is 0 Å². The van der Waals surface area contributed by atoms with Crippen LogP contribution in [0.3, 0.4) is 0 Å². The van der Waals surface area contributed by atoms with Crippen molar-refractivity contribution in [3.05, 3.63) is 44.5 Å². The van der Waals surface area contributed by atoms with Gasteiger partial charge in [0.15, 0.2) is 0 Å². The molecule has 1 aromatic carbocycles. The molecule has 0 bridgehead atoms. The number of rotatable bonds is 5. The third-order valence-corrected chi connectivity index (χ3v) is 3.27. The summed E-state index contributed by atoms with van der Waals surface area (Å²) in [6, 6.07) is 7.09. The van der Waals surface area contributed by atoms with Crippen molar-refractivity contribution in [2.24, 2.45) is 7.05 Å². The van der Waals surface area contributed by atoms with Crippen molar-refractivity contribution in [3.8, 4) is 11.6 Å². The average Bonchev–Trinajstić information content (AvgIpc) is 2.69. The number of aryl methyl sites for hydroxylation is 2. The molecule has 0 spiro atoms. The van der Waals surface area contributed by atoms with Crippen molar-refractivity contribution in [2.45, 2.75) is 19.8 Å². The van der Waals surface area contributed by atoms with Gasteiger partial charge in [-0.15, -0.1) is 0 Å². The van der Waals surface area contributed by atoms with E-state index in [1.165, 1.54) is 4.68 Å². The quantitative estimate of drug-likeness (QED) is 0.613. The van der Waals surface area contributed by atoms with E-state index in [4.69, 9.17) is 4.74 Å². The Kier molecular flexibility index (Phi) is 4.39. The van der Waals surface area contributed by atoms with Crippen molar-refractivity contribution in [2.75, 3.05) is 0 Å². The zero-order chi connectivity index (χ0) is 14.7. The van der Waals surface area contributed by atoms with Crippen LogP contribution in [0, 0.1) is 10.1 Å². The van der Waals surface area contributed by atoms with E-state index in [1.807, 2.05) is 19.1 Å². The fourth-order valence-corrected chi connectivity index (χ4v) is 2.13. The molecule has 0 amide bonds. The lowest BCUT2D eigenvalue weighted by atomic mass is 10.2. The van der Waals surface area contributed by atoms with Gasteiger partial charge < -0.3 is 4.74 Å². The molecule has 0 aliphatic rings. The van der Waals surface area contributed by atoms with E-state index >= 15 is 0 Å².